The van der Waals surface area contributed by atoms with E-state index < -0.39 is 17.7 Å². The summed E-state index contributed by atoms with van der Waals surface area (Å²) < 4.78 is 10.2. The van der Waals surface area contributed by atoms with Crippen molar-refractivity contribution in [2.75, 3.05) is 13.7 Å². The molecule has 1 heterocycles. The second-order valence-electron chi connectivity index (χ2n) is 6.34. The van der Waals surface area contributed by atoms with Crippen LogP contribution in [0, 0.1) is 11.8 Å². The summed E-state index contributed by atoms with van der Waals surface area (Å²) >= 11 is 0. The molecule has 0 N–H and O–H groups in total. The lowest BCUT2D eigenvalue weighted by molar-refractivity contribution is -0.147. The van der Waals surface area contributed by atoms with E-state index in [-0.39, 0.29) is 11.9 Å². The minimum absolute atomic E-state index is 0.125. The Morgan fingerprint density at radius 1 is 1.26 bits per heavy atom. The van der Waals surface area contributed by atoms with Crippen LogP contribution >= 0.6 is 0 Å². The Morgan fingerprint density at radius 3 is 2.26 bits per heavy atom. The van der Waals surface area contributed by atoms with E-state index in [2.05, 4.69) is 13.8 Å². The van der Waals surface area contributed by atoms with Crippen LogP contribution in [0.15, 0.2) is 0 Å². The van der Waals surface area contributed by atoms with Gasteiger partial charge < -0.3 is 9.47 Å². The lowest BCUT2D eigenvalue weighted by Gasteiger charge is -2.30. The molecule has 5 nitrogen and oxygen atoms in total. The van der Waals surface area contributed by atoms with Crippen molar-refractivity contribution in [3.63, 3.8) is 0 Å². The Labute approximate surface area is 115 Å². The van der Waals surface area contributed by atoms with Crippen LogP contribution in [0.4, 0.5) is 4.79 Å². The Hall–Kier alpha value is -1.26. The van der Waals surface area contributed by atoms with Crippen molar-refractivity contribution in [3.8, 4) is 0 Å². The maximum atomic E-state index is 12.2. The first-order valence-corrected chi connectivity index (χ1v) is 6.75. The van der Waals surface area contributed by atoms with E-state index in [1.807, 2.05) is 20.8 Å². The van der Waals surface area contributed by atoms with Crippen molar-refractivity contribution < 1.29 is 19.1 Å². The molecule has 2 atom stereocenters. The molecule has 1 rings (SSSR count). The van der Waals surface area contributed by atoms with E-state index in [4.69, 9.17) is 9.47 Å². The summed E-state index contributed by atoms with van der Waals surface area (Å²) in [5, 5.41) is 0. The normalized spacial score (nSPS) is 23.6. The monoisotopic (exact) mass is 271 g/mol. The quantitative estimate of drug-likeness (QED) is 0.724. The van der Waals surface area contributed by atoms with Crippen LogP contribution in [-0.2, 0) is 14.3 Å². The van der Waals surface area contributed by atoms with Crippen LogP contribution in [0.25, 0.3) is 0 Å². The molecule has 0 spiro atoms. The molecular formula is C14H25NO4. The summed E-state index contributed by atoms with van der Waals surface area (Å²) in [5.41, 5.74) is -0.562. The van der Waals surface area contributed by atoms with Crippen LogP contribution < -0.4 is 0 Å². The zero-order valence-corrected chi connectivity index (χ0v) is 12.7. The minimum atomic E-state index is -0.562. The molecule has 1 aliphatic rings. The fraction of sp³-hybridized carbons (Fsp3) is 0.857. The first-order chi connectivity index (χ1) is 8.67. The molecule has 1 amide bonds. The Balaban J connectivity index is 2.88. The van der Waals surface area contributed by atoms with E-state index in [1.165, 1.54) is 12.0 Å². The van der Waals surface area contributed by atoms with E-state index >= 15 is 0 Å². The van der Waals surface area contributed by atoms with Crippen LogP contribution in [0.5, 0.6) is 0 Å². The summed E-state index contributed by atoms with van der Waals surface area (Å²) in [5.74, 6) is 0.0820. The SMILES string of the molecule is COC(=O)[C@H]1[C@@H](C(C)C)CCN1C(=O)OC(C)(C)C. The van der Waals surface area contributed by atoms with E-state index in [1.54, 1.807) is 0 Å². The molecule has 110 valence electrons. The number of methoxy groups -OCH3 is 1. The third-order valence-electron chi connectivity index (χ3n) is 3.37. The summed E-state index contributed by atoms with van der Waals surface area (Å²) in [7, 11) is 1.35. The number of esters is 1. The van der Waals surface area contributed by atoms with E-state index in [0.717, 1.165) is 6.42 Å². The lowest BCUT2D eigenvalue weighted by atomic mass is 9.89. The van der Waals surface area contributed by atoms with Gasteiger partial charge in [-0.1, -0.05) is 13.8 Å². The average molecular weight is 271 g/mol. The van der Waals surface area contributed by atoms with Crippen molar-refractivity contribution in [3.05, 3.63) is 0 Å². The van der Waals surface area contributed by atoms with Gasteiger partial charge in [0.25, 0.3) is 0 Å². The van der Waals surface area contributed by atoms with Crippen molar-refractivity contribution in [2.45, 2.75) is 52.7 Å². The highest BCUT2D eigenvalue weighted by Crippen LogP contribution is 2.32. The van der Waals surface area contributed by atoms with Gasteiger partial charge >= 0.3 is 12.1 Å². The Kier molecular flexibility index (Phi) is 4.82. The molecule has 19 heavy (non-hydrogen) atoms. The van der Waals surface area contributed by atoms with Gasteiger partial charge in [-0.15, -0.1) is 0 Å². The second-order valence-corrected chi connectivity index (χ2v) is 6.34. The van der Waals surface area contributed by atoms with Gasteiger partial charge in [-0.05, 0) is 39.0 Å². The van der Waals surface area contributed by atoms with Crippen molar-refractivity contribution in [1.82, 2.24) is 4.90 Å². The zero-order chi connectivity index (χ0) is 14.8. The highest BCUT2D eigenvalue weighted by molar-refractivity contribution is 5.82. The first-order valence-electron chi connectivity index (χ1n) is 6.75. The fourth-order valence-corrected chi connectivity index (χ4v) is 2.46. The Morgan fingerprint density at radius 2 is 1.84 bits per heavy atom. The van der Waals surface area contributed by atoms with Crippen molar-refractivity contribution in [1.29, 1.82) is 0 Å². The molecule has 0 aromatic rings. The molecule has 5 heteroatoms. The third-order valence-corrected chi connectivity index (χ3v) is 3.37. The lowest BCUT2D eigenvalue weighted by Crippen LogP contribution is -2.46. The smallest absolute Gasteiger partial charge is 0.411 e. The van der Waals surface area contributed by atoms with Gasteiger partial charge in [0.15, 0.2) is 0 Å². The number of rotatable bonds is 2. The van der Waals surface area contributed by atoms with E-state index in [9.17, 15) is 9.59 Å². The van der Waals surface area contributed by atoms with Gasteiger partial charge in [0, 0.05) is 6.54 Å². The molecule has 0 aliphatic carbocycles. The largest absolute Gasteiger partial charge is 0.467 e. The van der Waals surface area contributed by atoms with Crippen LogP contribution in [0.1, 0.15) is 41.0 Å². The second kappa shape index (κ2) is 5.80. The van der Waals surface area contributed by atoms with Gasteiger partial charge in [0.05, 0.1) is 7.11 Å². The van der Waals surface area contributed by atoms with Gasteiger partial charge in [0.1, 0.15) is 11.6 Å². The highest BCUT2D eigenvalue weighted by atomic mass is 16.6. The summed E-state index contributed by atoms with van der Waals surface area (Å²) in [6, 6.07) is -0.528. The Bertz CT molecular complexity index is 346. The molecular weight excluding hydrogens is 246 g/mol. The molecule has 0 bridgehead atoms. The highest BCUT2D eigenvalue weighted by Gasteiger charge is 2.45. The summed E-state index contributed by atoms with van der Waals surface area (Å²) in [6.07, 6.45) is 0.363. The van der Waals surface area contributed by atoms with E-state index in [0.29, 0.717) is 12.5 Å². The first kappa shape index (κ1) is 15.8. The number of hydrogen-bond donors (Lipinski definition) is 0. The molecule has 0 aromatic heterocycles. The maximum Gasteiger partial charge on any atom is 0.411 e. The zero-order valence-electron chi connectivity index (χ0n) is 12.7. The van der Waals surface area contributed by atoms with Crippen LogP contribution in [0.2, 0.25) is 0 Å². The molecule has 1 saturated heterocycles. The predicted octanol–water partition coefficient (Wildman–Crippen LogP) is 2.44. The minimum Gasteiger partial charge on any atom is -0.467 e. The summed E-state index contributed by atoms with van der Waals surface area (Å²) in [4.78, 5) is 25.6. The van der Waals surface area contributed by atoms with Gasteiger partial charge in [-0.3, -0.25) is 4.90 Å². The number of hydrogen-bond acceptors (Lipinski definition) is 4. The average Bonchev–Trinajstić information content (AvgIpc) is 2.70. The number of nitrogens with zero attached hydrogens (tertiary/aromatic N) is 1. The number of amides is 1. The predicted molar refractivity (Wildman–Crippen MR) is 71.7 cm³/mol. The van der Waals surface area contributed by atoms with Gasteiger partial charge in [-0.2, -0.15) is 0 Å². The third kappa shape index (κ3) is 3.85. The molecule has 0 radical (unpaired) electrons. The van der Waals surface area contributed by atoms with Crippen molar-refractivity contribution in [2.24, 2.45) is 11.8 Å². The fourth-order valence-electron chi connectivity index (χ4n) is 2.46. The molecule has 1 fully saturated rings. The number of ether oxygens (including phenoxy) is 2. The number of carbonyl (C=O) groups excluding carboxylic acids is 2. The topological polar surface area (TPSA) is 55.8 Å². The molecule has 0 unspecified atom stereocenters. The standard InChI is InChI=1S/C14H25NO4/c1-9(2)10-7-8-15(11(10)12(16)18-6)13(17)19-14(3,4)5/h9-11H,7-8H2,1-6H3/t10-,11-/m1/s1. The van der Waals surface area contributed by atoms with Gasteiger partial charge in [-0.25, -0.2) is 9.59 Å². The number of likely N-dealkylation sites (tertiary alicyclic amines) is 1. The van der Waals surface area contributed by atoms with Crippen molar-refractivity contribution >= 4 is 12.1 Å². The van der Waals surface area contributed by atoms with Crippen LogP contribution in [-0.4, -0.2) is 42.3 Å². The molecule has 0 saturated carbocycles. The molecule has 0 aromatic carbocycles. The summed E-state index contributed by atoms with van der Waals surface area (Å²) in [6.45, 7) is 10.1. The molecule has 1 aliphatic heterocycles. The van der Waals surface area contributed by atoms with Gasteiger partial charge in [0.2, 0.25) is 0 Å². The maximum absolute atomic E-state index is 12.2. The van der Waals surface area contributed by atoms with Crippen LogP contribution in [0.3, 0.4) is 0 Å². The number of carbonyl (C=O) groups is 2.